The summed E-state index contributed by atoms with van der Waals surface area (Å²) in [6.07, 6.45) is 0. The van der Waals surface area contributed by atoms with E-state index in [1.54, 1.807) is 0 Å². The fraction of sp³-hybridized carbons (Fsp3) is 0.0909. The molecular weight excluding hydrogens is 793 g/mol. The van der Waals surface area contributed by atoms with E-state index < -0.39 is 0 Å². The van der Waals surface area contributed by atoms with Gasteiger partial charge in [-0.15, -0.1) is 0 Å². The van der Waals surface area contributed by atoms with Gasteiger partial charge in [0.25, 0.3) is 0 Å². The van der Waals surface area contributed by atoms with Crippen molar-refractivity contribution in [2.24, 2.45) is 0 Å². The van der Waals surface area contributed by atoms with Crippen LogP contribution in [0.1, 0.15) is 49.9 Å². The van der Waals surface area contributed by atoms with Crippen molar-refractivity contribution in [3.63, 3.8) is 0 Å². The van der Waals surface area contributed by atoms with Gasteiger partial charge in [0.05, 0.1) is 0 Å². The molecule has 2 aliphatic carbocycles. The molecule has 15 rings (SSSR count). The monoisotopic (exact) mass is 836 g/mol. The van der Waals surface area contributed by atoms with Crippen molar-refractivity contribution in [1.29, 1.82) is 0 Å². The first-order valence-electron chi connectivity index (χ1n) is 23.6. The molecule has 0 unspecified atom stereocenters. The second kappa shape index (κ2) is 12.5. The zero-order valence-electron chi connectivity index (χ0n) is 37.5. The molecule has 0 heterocycles. The lowest BCUT2D eigenvalue weighted by molar-refractivity contribution is 0.660. The first kappa shape index (κ1) is 36.5. The van der Waals surface area contributed by atoms with Crippen LogP contribution in [0.2, 0.25) is 0 Å². The Kier molecular flexibility index (Phi) is 6.92. The molecule has 0 aliphatic heterocycles. The Hall–Kier alpha value is -7.80. The molecule has 0 N–H and O–H groups in total. The minimum absolute atomic E-state index is 0.0804. The number of rotatable bonds is 3. The molecule has 13 aromatic rings. The van der Waals surface area contributed by atoms with Gasteiger partial charge in [-0.2, -0.15) is 0 Å². The molecule has 0 amide bonds. The molecule has 0 atom stereocenters. The Morgan fingerprint density at radius 2 is 0.697 bits per heavy atom. The van der Waals surface area contributed by atoms with Gasteiger partial charge in [-0.1, -0.05) is 204 Å². The van der Waals surface area contributed by atoms with E-state index in [1.807, 2.05) is 0 Å². The number of hydrogen-bond donors (Lipinski definition) is 0. The van der Waals surface area contributed by atoms with Crippen LogP contribution >= 0.6 is 0 Å². The molecule has 13 aromatic carbocycles. The van der Waals surface area contributed by atoms with Gasteiger partial charge in [0.1, 0.15) is 0 Å². The lowest BCUT2D eigenvalue weighted by Crippen LogP contribution is -2.14. The van der Waals surface area contributed by atoms with Crippen molar-refractivity contribution in [3.05, 3.63) is 216 Å². The molecule has 0 saturated heterocycles. The van der Waals surface area contributed by atoms with Crippen LogP contribution in [0, 0.1) is 0 Å². The van der Waals surface area contributed by atoms with Crippen LogP contribution in [0.25, 0.3) is 131 Å². The highest BCUT2D eigenvalue weighted by Crippen LogP contribution is 2.57. The molecule has 66 heavy (non-hydrogen) atoms. The summed E-state index contributed by atoms with van der Waals surface area (Å²) >= 11 is 0. The predicted molar refractivity (Wildman–Crippen MR) is 283 cm³/mol. The maximum atomic E-state index is 2.57. The van der Waals surface area contributed by atoms with E-state index >= 15 is 0 Å². The van der Waals surface area contributed by atoms with Gasteiger partial charge in [-0.25, -0.2) is 0 Å². The fourth-order valence-electron chi connectivity index (χ4n) is 13.4. The van der Waals surface area contributed by atoms with Crippen LogP contribution in [-0.2, 0) is 10.8 Å². The fourth-order valence-corrected chi connectivity index (χ4v) is 13.4. The molecule has 0 heteroatoms. The lowest BCUT2D eigenvalue weighted by atomic mass is 9.80. The summed E-state index contributed by atoms with van der Waals surface area (Å²) in [5.41, 5.74) is 18.5. The van der Waals surface area contributed by atoms with E-state index in [4.69, 9.17) is 0 Å². The number of fused-ring (bicyclic) bond motifs is 14. The van der Waals surface area contributed by atoms with Gasteiger partial charge in [0.2, 0.25) is 0 Å². The topological polar surface area (TPSA) is 0 Å². The Morgan fingerprint density at radius 3 is 1.39 bits per heavy atom. The summed E-state index contributed by atoms with van der Waals surface area (Å²) in [6, 6.07) is 74.5. The summed E-state index contributed by atoms with van der Waals surface area (Å²) in [7, 11) is 0. The maximum Gasteiger partial charge on any atom is 0.0159 e. The van der Waals surface area contributed by atoms with Gasteiger partial charge in [0, 0.05) is 10.8 Å². The molecule has 0 saturated carbocycles. The summed E-state index contributed by atoms with van der Waals surface area (Å²) in [4.78, 5) is 0. The van der Waals surface area contributed by atoms with Gasteiger partial charge in [0.15, 0.2) is 0 Å². The second-order valence-electron chi connectivity index (χ2n) is 20.2. The van der Waals surface area contributed by atoms with E-state index in [0.717, 1.165) is 0 Å². The SMILES string of the molecule is CC1(C)c2ccccc2-c2ccc(-c3ccc4c5c(-c6ccc7c(c6)C(C)(C)c6ccccc6-7)c6cc7c8ccccc8c8cccc(c6c(-c6ccccc6)c5c5cccc3c45)c87)cc21. The third kappa shape index (κ3) is 4.45. The average Bonchev–Trinajstić information content (AvgIpc) is 4.01. The van der Waals surface area contributed by atoms with Gasteiger partial charge in [-0.3, -0.25) is 0 Å². The average molecular weight is 837 g/mol. The Bertz CT molecular complexity index is 4250. The van der Waals surface area contributed by atoms with Crippen molar-refractivity contribution < 1.29 is 0 Å². The van der Waals surface area contributed by atoms with Gasteiger partial charge < -0.3 is 0 Å². The number of benzene rings is 11. The third-order valence-corrected chi connectivity index (χ3v) is 16.3. The zero-order valence-corrected chi connectivity index (χ0v) is 37.5. The predicted octanol–water partition coefficient (Wildman–Crippen LogP) is 18.2. The van der Waals surface area contributed by atoms with E-state index in [0.29, 0.717) is 0 Å². The largest absolute Gasteiger partial charge is 0.0622 e. The molecule has 0 nitrogen and oxygen atoms in total. The Balaban J connectivity index is 1.12. The molecule has 0 spiro atoms. The molecule has 0 aromatic heterocycles. The smallest absolute Gasteiger partial charge is 0.0159 e. The zero-order chi connectivity index (χ0) is 43.8. The van der Waals surface area contributed by atoms with Gasteiger partial charge in [-0.05, 0) is 171 Å². The van der Waals surface area contributed by atoms with Crippen LogP contribution in [0.5, 0.6) is 0 Å². The summed E-state index contributed by atoms with van der Waals surface area (Å²) < 4.78 is 0. The van der Waals surface area contributed by atoms with Crippen molar-refractivity contribution in [2.75, 3.05) is 0 Å². The number of hydrogen-bond acceptors (Lipinski definition) is 0. The molecule has 0 bridgehead atoms. The van der Waals surface area contributed by atoms with Crippen LogP contribution in [0.4, 0.5) is 0 Å². The van der Waals surface area contributed by atoms with Crippen molar-refractivity contribution in [2.45, 2.75) is 38.5 Å². The van der Waals surface area contributed by atoms with Crippen LogP contribution in [0.15, 0.2) is 194 Å². The highest BCUT2D eigenvalue weighted by atomic mass is 14.4. The van der Waals surface area contributed by atoms with Crippen molar-refractivity contribution >= 4 is 75.4 Å². The Morgan fingerprint density at radius 1 is 0.227 bits per heavy atom. The Labute approximate surface area is 384 Å². The quantitative estimate of drug-likeness (QED) is 0.156. The highest BCUT2D eigenvalue weighted by Gasteiger charge is 2.37. The van der Waals surface area contributed by atoms with Crippen LogP contribution in [0.3, 0.4) is 0 Å². The first-order valence-corrected chi connectivity index (χ1v) is 23.6. The minimum atomic E-state index is -0.136. The third-order valence-electron chi connectivity index (χ3n) is 16.3. The highest BCUT2D eigenvalue weighted by molar-refractivity contribution is 6.45. The first-order chi connectivity index (χ1) is 32.3. The molecular formula is C66H44. The lowest BCUT2D eigenvalue weighted by Gasteiger charge is -2.23. The summed E-state index contributed by atoms with van der Waals surface area (Å²) in [6.45, 7) is 9.59. The minimum Gasteiger partial charge on any atom is -0.0622 e. The van der Waals surface area contributed by atoms with E-state index in [1.165, 1.54) is 153 Å². The van der Waals surface area contributed by atoms with Crippen LogP contribution in [-0.4, -0.2) is 0 Å². The van der Waals surface area contributed by atoms with E-state index in [-0.39, 0.29) is 10.8 Å². The maximum absolute atomic E-state index is 2.57. The molecule has 0 fully saturated rings. The van der Waals surface area contributed by atoms with Gasteiger partial charge >= 0.3 is 0 Å². The van der Waals surface area contributed by atoms with E-state index in [2.05, 4.69) is 222 Å². The normalized spacial score (nSPS) is 14.6. The van der Waals surface area contributed by atoms with Crippen molar-refractivity contribution in [3.8, 4) is 55.6 Å². The summed E-state index contributed by atoms with van der Waals surface area (Å²) in [5.74, 6) is 0. The van der Waals surface area contributed by atoms with Crippen LogP contribution < -0.4 is 0 Å². The molecule has 2 aliphatic rings. The van der Waals surface area contributed by atoms with Crippen molar-refractivity contribution in [1.82, 2.24) is 0 Å². The second-order valence-corrected chi connectivity index (χ2v) is 20.2. The van der Waals surface area contributed by atoms with E-state index in [9.17, 15) is 0 Å². The standard InChI is InChI=1S/C66H44/c1-65(2)54-26-12-10-20-43(54)45-30-28-38(34-56(45)65)40-32-33-51-60-47(40)22-14-25-50(60)64-59(37-16-6-5-7-17-37)62-49-24-15-23-48-41-18-8-9-19-42(41)52(61(48)49)36-53(62)58(63(51)64)39-29-31-46-44-21-11-13-27-55(44)66(3,4)57(46)35-39/h5-36H,1-4H3. The molecule has 0 radical (unpaired) electrons. The molecule has 308 valence electrons. The summed E-state index contributed by atoms with van der Waals surface area (Å²) in [5, 5.41) is 18.6.